The van der Waals surface area contributed by atoms with Crippen molar-refractivity contribution in [3.8, 4) is 55.6 Å². The fourth-order valence-corrected chi connectivity index (χ4v) is 9.39. The van der Waals surface area contributed by atoms with Gasteiger partial charge in [-0.15, -0.1) is 0 Å². The molecule has 11 aromatic rings. The molecule has 0 fully saturated rings. The van der Waals surface area contributed by atoms with Crippen LogP contribution in [0.5, 0.6) is 0 Å². The molecule has 61 heavy (non-hydrogen) atoms. The summed E-state index contributed by atoms with van der Waals surface area (Å²) >= 11 is 0. The zero-order chi connectivity index (χ0) is 40.5. The molecule has 0 heterocycles. The van der Waals surface area contributed by atoms with E-state index in [4.69, 9.17) is 0 Å². The number of hydrogen-bond donors (Lipinski definition) is 0. The van der Waals surface area contributed by atoms with Gasteiger partial charge in [-0.1, -0.05) is 231 Å². The van der Waals surface area contributed by atoms with Crippen LogP contribution in [0.3, 0.4) is 0 Å². The molecule has 0 spiro atoms. The van der Waals surface area contributed by atoms with Crippen molar-refractivity contribution in [2.45, 2.75) is 0 Å². The number of fused-ring (bicyclic) bond motifs is 3. The molecule has 0 aliphatic carbocycles. The van der Waals surface area contributed by atoms with Gasteiger partial charge in [0.25, 0.3) is 0 Å². The Morgan fingerprint density at radius 1 is 0.197 bits per heavy atom. The van der Waals surface area contributed by atoms with Gasteiger partial charge >= 0.3 is 0 Å². The number of nitrogens with zero attached hydrogens (tertiary/aromatic N) is 1. The Labute approximate surface area is 357 Å². The van der Waals surface area contributed by atoms with Crippen LogP contribution in [0.25, 0.3) is 88.0 Å². The summed E-state index contributed by atoms with van der Waals surface area (Å²) in [7, 11) is 0. The molecule has 11 aromatic carbocycles. The van der Waals surface area contributed by atoms with E-state index >= 15 is 0 Å². The topological polar surface area (TPSA) is 3.24 Å². The Morgan fingerprint density at radius 2 is 0.508 bits per heavy atom. The van der Waals surface area contributed by atoms with Gasteiger partial charge in [-0.3, -0.25) is 0 Å². The second kappa shape index (κ2) is 15.6. The van der Waals surface area contributed by atoms with E-state index in [1.807, 2.05) is 0 Å². The molecule has 0 radical (unpaired) electrons. The minimum absolute atomic E-state index is 1.10. The third-order valence-corrected chi connectivity index (χ3v) is 12.1. The molecule has 0 N–H and O–H groups in total. The second-order valence-electron chi connectivity index (χ2n) is 15.6. The highest BCUT2D eigenvalue weighted by Gasteiger charge is 2.25. The van der Waals surface area contributed by atoms with Gasteiger partial charge in [0.2, 0.25) is 0 Å². The highest BCUT2D eigenvalue weighted by Crippen LogP contribution is 2.51. The highest BCUT2D eigenvalue weighted by molar-refractivity contribution is 6.12. The van der Waals surface area contributed by atoms with Crippen molar-refractivity contribution in [2.24, 2.45) is 0 Å². The van der Waals surface area contributed by atoms with E-state index in [1.165, 1.54) is 71.3 Å². The Morgan fingerprint density at radius 3 is 0.984 bits per heavy atom. The maximum absolute atomic E-state index is 2.52. The van der Waals surface area contributed by atoms with Crippen molar-refractivity contribution in [3.63, 3.8) is 0 Å². The summed E-state index contributed by atoms with van der Waals surface area (Å²) in [6.45, 7) is 0. The van der Waals surface area contributed by atoms with Crippen LogP contribution in [-0.2, 0) is 0 Å². The second-order valence-corrected chi connectivity index (χ2v) is 15.6. The zero-order valence-electron chi connectivity index (χ0n) is 33.6. The van der Waals surface area contributed by atoms with Crippen molar-refractivity contribution >= 4 is 49.4 Å². The minimum Gasteiger partial charge on any atom is -0.309 e. The number of benzene rings is 11. The first kappa shape index (κ1) is 36.1. The van der Waals surface area contributed by atoms with Crippen LogP contribution in [0.4, 0.5) is 17.1 Å². The van der Waals surface area contributed by atoms with Crippen LogP contribution in [0.1, 0.15) is 0 Å². The quantitative estimate of drug-likeness (QED) is 0.149. The molecule has 0 atom stereocenters. The Hall–Kier alpha value is -8.00. The molecule has 0 saturated heterocycles. The molecule has 0 saturated carbocycles. The van der Waals surface area contributed by atoms with Crippen molar-refractivity contribution in [3.05, 3.63) is 249 Å². The zero-order valence-corrected chi connectivity index (χ0v) is 33.6. The summed E-state index contributed by atoms with van der Waals surface area (Å²) in [5.41, 5.74) is 15.2. The molecule has 0 aromatic heterocycles. The Kier molecular flexibility index (Phi) is 9.26. The van der Waals surface area contributed by atoms with E-state index < -0.39 is 0 Å². The van der Waals surface area contributed by atoms with E-state index in [0.717, 1.165) is 33.8 Å². The highest BCUT2D eigenvalue weighted by atomic mass is 15.1. The maximum atomic E-state index is 2.52. The first-order valence-corrected chi connectivity index (χ1v) is 21.0. The third-order valence-electron chi connectivity index (χ3n) is 12.1. The summed E-state index contributed by atoms with van der Waals surface area (Å²) in [6, 6.07) is 90.6. The van der Waals surface area contributed by atoms with Crippen LogP contribution in [0, 0.1) is 0 Å². The number of rotatable bonds is 8. The van der Waals surface area contributed by atoms with E-state index in [1.54, 1.807) is 0 Å². The van der Waals surface area contributed by atoms with Gasteiger partial charge < -0.3 is 4.90 Å². The predicted molar refractivity (Wildman–Crippen MR) is 261 cm³/mol. The number of anilines is 3. The van der Waals surface area contributed by atoms with Gasteiger partial charge in [0, 0.05) is 16.7 Å². The molecule has 0 amide bonds. The third kappa shape index (κ3) is 6.45. The van der Waals surface area contributed by atoms with E-state index in [2.05, 4.69) is 254 Å². The molecule has 286 valence electrons. The average Bonchev–Trinajstić information content (AvgIpc) is 3.34. The molecule has 1 nitrogen and oxygen atoms in total. The van der Waals surface area contributed by atoms with Crippen molar-refractivity contribution in [1.29, 1.82) is 0 Å². The van der Waals surface area contributed by atoms with Gasteiger partial charge in [0.1, 0.15) is 0 Å². The summed E-state index contributed by atoms with van der Waals surface area (Å²) in [4.78, 5) is 2.52. The van der Waals surface area contributed by atoms with Crippen molar-refractivity contribution < 1.29 is 0 Å². The van der Waals surface area contributed by atoms with Crippen molar-refractivity contribution in [1.82, 2.24) is 0 Å². The molecular weight excluding hydrogens is 735 g/mol. The van der Waals surface area contributed by atoms with Crippen LogP contribution in [-0.4, -0.2) is 0 Å². The van der Waals surface area contributed by atoms with E-state index in [-0.39, 0.29) is 0 Å². The molecule has 0 unspecified atom stereocenters. The summed E-state index contributed by atoms with van der Waals surface area (Å²) in [5, 5.41) is 7.33. The lowest BCUT2D eigenvalue weighted by molar-refractivity contribution is 1.29. The molecule has 0 aliphatic heterocycles. The lowest BCUT2D eigenvalue weighted by Crippen LogP contribution is -2.13. The molecular formula is C60H41N. The SMILES string of the molecule is c1ccc(-c2cccc3cccc(-c4ccccc4N(c4ccccc4-c4cccc5ccccc45)c4ccccc4-c4cccc5cccc(-c6ccccc6)c45)c23)cc1. The first-order chi connectivity index (χ1) is 30.3. The van der Waals surface area contributed by atoms with Gasteiger partial charge in [-0.05, 0) is 89.5 Å². The lowest BCUT2D eigenvalue weighted by Gasteiger charge is -2.32. The van der Waals surface area contributed by atoms with Crippen molar-refractivity contribution in [2.75, 3.05) is 4.90 Å². The maximum Gasteiger partial charge on any atom is 0.0540 e. The summed E-state index contributed by atoms with van der Waals surface area (Å²) in [5.74, 6) is 0. The Bertz CT molecular complexity index is 3180. The number of para-hydroxylation sites is 3. The van der Waals surface area contributed by atoms with Crippen LogP contribution >= 0.6 is 0 Å². The van der Waals surface area contributed by atoms with Crippen LogP contribution in [0.2, 0.25) is 0 Å². The van der Waals surface area contributed by atoms with Crippen LogP contribution < -0.4 is 4.90 Å². The largest absolute Gasteiger partial charge is 0.309 e. The predicted octanol–water partition coefficient (Wildman–Crippen LogP) is 17.0. The Balaban J connectivity index is 1.23. The monoisotopic (exact) mass is 775 g/mol. The van der Waals surface area contributed by atoms with Gasteiger partial charge in [0.05, 0.1) is 17.1 Å². The smallest absolute Gasteiger partial charge is 0.0540 e. The molecule has 11 rings (SSSR count). The standard InChI is InChI=1S/C60H41N/c1-3-20-43(21-4-1)48-34-16-26-45-28-18-37-54(59(45)48)52-32-10-13-40-57(52)61(56-39-12-9-31-51(56)50-36-15-25-42-24-7-8-30-47(42)50)58-41-14-11-33-53(58)55-38-19-29-46-27-17-35-49(60(46)55)44-22-5-2-6-23-44/h1-41H. The van der Waals surface area contributed by atoms with Crippen LogP contribution in [0.15, 0.2) is 249 Å². The average molecular weight is 776 g/mol. The van der Waals surface area contributed by atoms with Gasteiger partial charge in [-0.25, -0.2) is 0 Å². The minimum atomic E-state index is 1.10. The molecule has 0 bridgehead atoms. The first-order valence-electron chi connectivity index (χ1n) is 21.0. The van der Waals surface area contributed by atoms with Gasteiger partial charge in [-0.2, -0.15) is 0 Å². The number of hydrogen-bond acceptors (Lipinski definition) is 1. The summed E-state index contributed by atoms with van der Waals surface area (Å²) < 4.78 is 0. The fourth-order valence-electron chi connectivity index (χ4n) is 9.39. The lowest BCUT2D eigenvalue weighted by atomic mass is 9.89. The van der Waals surface area contributed by atoms with E-state index in [0.29, 0.717) is 0 Å². The van der Waals surface area contributed by atoms with Gasteiger partial charge in [0.15, 0.2) is 0 Å². The normalized spacial score (nSPS) is 11.3. The fraction of sp³-hybridized carbons (Fsp3) is 0. The molecule has 0 aliphatic rings. The van der Waals surface area contributed by atoms with E-state index in [9.17, 15) is 0 Å². The molecule has 1 heteroatoms. The summed E-state index contributed by atoms with van der Waals surface area (Å²) in [6.07, 6.45) is 0.